The van der Waals surface area contributed by atoms with Gasteiger partial charge < -0.3 is 20.5 Å². The van der Waals surface area contributed by atoms with Gasteiger partial charge in [-0.25, -0.2) is 4.39 Å². The molecule has 7 heteroatoms. The van der Waals surface area contributed by atoms with Gasteiger partial charge in [0.05, 0.1) is 0 Å². The molecule has 0 radical (unpaired) electrons. The number of carboxylic acid groups (broad SMARTS) is 1. The van der Waals surface area contributed by atoms with E-state index in [4.69, 9.17) is 15.6 Å². The first-order valence-electron chi connectivity index (χ1n) is 7.56. The Bertz CT molecular complexity index is 507. The van der Waals surface area contributed by atoms with E-state index in [9.17, 15) is 14.0 Å². The zero-order valence-corrected chi connectivity index (χ0v) is 13.2. The van der Waals surface area contributed by atoms with Crippen molar-refractivity contribution in [1.82, 2.24) is 4.90 Å². The monoisotopic (exact) mass is 325 g/mol. The average molecular weight is 325 g/mol. The normalized spacial score (nSPS) is 11.8. The summed E-state index contributed by atoms with van der Waals surface area (Å²) < 4.78 is 17.2. The molecule has 1 rings (SSSR count). The number of hydrogen-bond acceptors (Lipinski definition) is 4. The fourth-order valence-electron chi connectivity index (χ4n) is 2.06. The molecule has 0 saturated carbocycles. The predicted octanol–water partition coefficient (Wildman–Crippen LogP) is 1.69. The molecule has 0 spiro atoms. The second-order valence-corrected chi connectivity index (χ2v) is 5.03. The van der Waals surface area contributed by atoms with E-state index in [1.807, 2.05) is 6.92 Å². The van der Waals surface area contributed by atoms with Gasteiger partial charge in [-0.15, -0.1) is 0 Å². The van der Waals surface area contributed by atoms with Crippen LogP contribution in [0.15, 0.2) is 24.3 Å². The number of halogens is 1. The number of ether oxygens (including phenoxy) is 1. The summed E-state index contributed by atoms with van der Waals surface area (Å²) in [6.45, 7) is 2.23. The van der Waals surface area contributed by atoms with Crippen molar-refractivity contribution in [3.8, 4) is 5.75 Å². The van der Waals surface area contributed by atoms with Gasteiger partial charge in [0.25, 0.3) is 5.91 Å². The molecule has 6 nitrogen and oxygen atoms in total. The van der Waals surface area contributed by atoms with Gasteiger partial charge in [-0.2, -0.15) is 0 Å². The number of carboxylic acids is 1. The first-order valence-corrected chi connectivity index (χ1v) is 7.56. The van der Waals surface area contributed by atoms with Gasteiger partial charge in [-0.05, 0) is 44.0 Å². The van der Waals surface area contributed by atoms with Crippen LogP contribution in [0.1, 0.15) is 30.1 Å². The largest absolute Gasteiger partial charge is 0.491 e. The molecule has 23 heavy (non-hydrogen) atoms. The summed E-state index contributed by atoms with van der Waals surface area (Å²) in [4.78, 5) is 24.7. The highest BCUT2D eigenvalue weighted by molar-refractivity contribution is 5.94. The Morgan fingerprint density at radius 2 is 2.00 bits per heavy atom. The van der Waals surface area contributed by atoms with Crippen LogP contribution >= 0.6 is 0 Å². The van der Waals surface area contributed by atoms with Crippen molar-refractivity contribution in [3.05, 3.63) is 29.8 Å². The molecule has 1 atom stereocenters. The minimum atomic E-state index is -1.04. The Morgan fingerprint density at radius 3 is 2.52 bits per heavy atom. The van der Waals surface area contributed by atoms with E-state index >= 15 is 0 Å². The lowest BCUT2D eigenvalue weighted by Crippen LogP contribution is -2.34. The predicted molar refractivity (Wildman–Crippen MR) is 84.3 cm³/mol. The maximum atomic E-state index is 12.4. The minimum Gasteiger partial charge on any atom is -0.491 e. The van der Waals surface area contributed by atoms with E-state index in [-0.39, 0.29) is 12.5 Å². The van der Waals surface area contributed by atoms with Gasteiger partial charge in [0.1, 0.15) is 25.1 Å². The Morgan fingerprint density at radius 1 is 1.35 bits per heavy atom. The first kappa shape index (κ1) is 18.9. The van der Waals surface area contributed by atoms with Crippen LogP contribution in [0, 0.1) is 0 Å². The van der Waals surface area contributed by atoms with Crippen LogP contribution in [0.5, 0.6) is 5.75 Å². The number of aliphatic carboxylic acids is 1. The lowest BCUT2D eigenvalue weighted by atomic mass is 10.1. The van der Waals surface area contributed by atoms with Crippen LogP contribution in [0.4, 0.5) is 4.39 Å². The fraction of sp³-hybridized carbons (Fsp3) is 0.500. The Hall–Kier alpha value is -2.15. The van der Waals surface area contributed by atoms with Crippen molar-refractivity contribution >= 4 is 11.9 Å². The molecule has 0 saturated heterocycles. The lowest BCUT2D eigenvalue weighted by molar-refractivity contribution is -0.138. The summed E-state index contributed by atoms with van der Waals surface area (Å²) in [7, 11) is 0. The van der Waals surface area contributed by atoms with Crippen molar-refractivity contribution < 1.29 is 23.8 Å². The molecule has 0 aromatic heterocycles. The van der Waals surface area contributed by atoms with Gasteiger partial charge in [0.15, 0.2) is 0 Å². The number of nitrogens with two attached hydrogens (primary N) is 1. The molecule has 0 aliphatic carbocycles. The van der Waals surface area contributed by atoms with Crippen LogP contribution in [-0.2, 0) is 4.79 Å². The number of rotatable bonds is 10. The summed E-state index contributed by atoms with van der Waals surface area (Å²) in [6.07, 6.45) is 0.833. The third-order valence-corrected chi connectivity index (χ3v) is 3.38. The third kappa shape index (κ3) is 6.23. The van der Waals surface area contributed by atoms with Gasteiger partial charge in [-0.3, -0.25) is 9.59 Å². The maximum Gasteiger partial charge on any atom is 0.320 e. The van der Waals surface area contributed by atoms with E-state index in [1.165, 1.54) is 0 Å². The SMILES string of the molecule is CCN(CCC[C@H](N)C(=O)O)C(=O)c1ccc(OCC[18F])cc1. The highest BCUT2D eigenvalue weighted by Crippen LogP contribution is 2.14. The molecule has 0 aliphatic rings. The van der Waals surface area contributed by atoms with E-state index in [1.54, 1.807) is 29.2 Å². The number of carbonyl (C=O) groups excluding carboxylic acids is 1. The van der Waals surface area contributed by atoms with Crippen LogP contribution in [-0.4, -0.2) is 54.3 Å². The third-order valence-electron chi connectivity index (χ3n) is 3.38. The second-order valence-electron chi connectivity index (χ2n) is 5.03. The Labute approximate surface area is 135 Å². The molecule has 1 aromatic rings. The molecule has 0 fully saturated rings. The zero-order valence-electron chi connectivity index (χ0n) is 13.2. The minimum absolute atomic E-state index is 0.0157. The number of carbonyl (C=O) groups is 2. The summed E-state index contributed by atoms with van der Waals surface area (Å²) in [5.41, 5.74) is 5.95. The topological polar surface area (TPSA) is 92.9 Å². The molecule has 0 unspecified atom stereocenters. The van der Waals surface area contributed by atoms with Gasteiger partial charge in [0, 0.05) is 18.7 Å². The standard InChI is InChI=1S/C16H23FN2O4/c1-2-19(10-3-4-14(18)16(21)22)15(20)12-5-7-13(8-6-12)23-11-9-17/h5-8,14H,2-4,9-11,18H2,1H3,(H,21,22)/t14-/m0/s1/i17-1. The van der Waals surface area contributed by atoms with Crippen LogP contribution < -0.4 is 10.5 Å². The first-order chi connectivity index (χ1) is 11.0. The molecule has 0 bridgehead atoms. The number of benzene rings is 1. The highest BCUT2D eigenvalue weighted by Gasteiger charge is 2.16. The van der Waals surface area contributed by atoms with Crippen LogP contribution in [0.25, 0.3) is 0 Å². The molecule has 0 heterocycles. The zero-order chi connectivity index (χ0) is 17.2. The van der Waals surface area contributed by atoms with Crippen molar-refractivity contribution in [2.75, 3.05) is 26.4 Å². The van der Waals surface area contributed by atoms with Crippen molar-refractivity contribution in [2.24, 2.45) is 5.73 Å². The van der Waals surface area contributed by atoms with Crippen molar-refractivity contribution in [1.29, 1.82) is 0 Å². The fourth-order valence-corrected chi connectivity index (χ4v) is 2.06. The van der Waals surface area contributed by atoms with E-state index < -0.39 is 18.7 Å². The van der Waals surface area contributed by atoms with Crippen LogP contribution in [0.2, 0.25) is 0 Å². The average Bonchev–Trinajstić information content (AvgIpc) is 2.56. The van der Waals surface area contributed by atoms with Gasteiger partial charge >= 0.3 is 5.97 Å². The molecular formula is C16H23FN2O4. The number of hydrogen-bond donors (Lipinski definition) is 2. The molecular weight excluding hydrogens is 302 g/mol. The Balaban J connectivity index is 2.56. The van der Waals surface area contributed by atoms with Gasteiger partial charge in [0.2, 0.25) is 0 Å². The summed E-state index contributed by atoms with van der Waals surface area (Å²) in [5.74, 6) is -0.675. The van der Waals surface area contributed by atoms with Crippen molar-refractivity contribution in [2.45, 2.75) is 25.8 Å². The quantitative estimate of drug-likeness (QED) is 0.683. The lowest BCUT2D eigenvalue weighted by Gasteiger charge is -2.21. The molecule has 1 amide bonds. The summed E-state index contributed by atoms with van der Waals surface area (Å²) >= 11 is 0. The number of amides is 1. The molecule has 0 aliphatic heterocycles. The van der Waals surface area contributed by atoms with Gasteiger partial charge in [-0.1, -0.05) is 0 Å². The Kier molecular flexibility index (Phi) is 8.04. The molecule has 128 valence electrons. The number of alkyl halides is 1. The van der Waals surface area contributed by atoms with E-state index in [0.717, 1.165) is 0 Å². The smallest absolute Gasteiger partial charge is 0.320 e. The molecule has 3 N–H and O–H groups in total. The second kappa shape index (κ2) is 9.78. The molecule has 1 aromatic carbocycles. The van der Waals surface area contributed by atoms with E-state index in [2.05, 4.69) is 0 Å². The van der Waals surface area contributed by atoms with Crippen molar-refractivity contribution in [3.63, 3.8) is 0 Å². The van der Waals surface area contributed by atoms with Crippen LogP contribution in [0.3, 0.4) is 0 Å². The maximum absolute atomic E-state index is 12.4. The van der Waals surface area contributed by atoms with E-state index in [0.29, 0.717) is 37.2 Å². The summed E-state index contributed by atoms with van der Waals surface area (Å²) in [5, 5.41) is 8.74. The number of nitrogens with zero attached hydrogens (tertiary/aromatic N) is 1. The highest BCUT2D eigenvalue weighted by atomic mass is 18.2. The summed E-state index contributed by atoms with van der Waals surface area (Å²) in [6, 6.07) is 5.59.